The molecule has 1 radical (unpaired) electrons. The van der Waals surface area contributed by atoms with Gasteiger partial charge in [-0.2, -0.15) is 0 Å². The number of furan rings is 2. The number of benzene rings is 7. The number of aromatic nitrogens is 4. The van der Waals surface area contributed by atoms with Crippen LogP contribution in [0, 0.1) is 30.7 Å². The summed E-state index contributed by atoms with van der Waals surface area (Å²) in [5, 5.41) is 3.82. The van der Waals surface area contributed by atoms with E-state index in [2.05, 4.69) is 64.7 Å². The van der Waals surface area contributed by atoms with Gasteiger partial charge in [0.1, 0.15) is 22.9 Å². The Morgan fingerprint density at radius 1 is 0.629 bits per heavy atom. The summed E-state index contributed by atoms with van der Waals surface area (Å²) in [6.45, 7) is 5.85. The fraction of sp³-hybridized carbons (Fsp3) is 0.117. The number of nitrogens with zero attached hydrogens (tertiary/aromatic N) is 4. The van der Waals surface area contributed by atoms with Gasteiger partial charge in [0.2, 0.25) is 0 Å². The Labute approximate surface area is 422 Å². The van der Waals surface area contributed by atoms with Crippen LogP contribution in [0.5, 0.6) is 0 Å². The first kappa shape index (κ1) is 45.4. The van der Waals surface area contributed by atoms with Gasteiger partial charge in [-0.05, 0) is 52.6 Å². The topological polar surface area (TPSA) is 69.9 Å². The molecule has 12 rings (SSSR count). The van der Waals surface area contributed by atoms with Gasteiger partial charge in [0, 0.05) is 25.5 Å². The minimum Gasteiger partial charge on any atom is 0 e. The molecule has 0 saturated heterocycles. The van der Waals surface area contributed by atoms with Gasteiger partial charge >= 0.3 is 165 Å². The summed E-state index contributed by atoms with van der Waals surface area (Å²) in [5.41, 5.74) is 11.0. The molecule has 6 nitrogen and oxygen atoms in total. The van der Waals surface area contributed by atoms with Crippen molar-refractivity contribution < 1.29 is 39.1 Å². The Morgan fingerprint density at radius 3 is 1.93 bits per heavy atom. The maximum Gasteiger partial charge on any atom is 0 e. The van der Waals surface area contributed by atoms with Crippen LogP contribution in [0.4, 0.5) is 8.78 Å². The number of para-hydroxylation sites is 2. The van der Waals surface area contributed by atoms with E-state index in [-0.39, 0.29) is 25.8 Å². The van der Waals surface area contributed by atoms with E-state index in [1.807, 2.05) is 130 Å². The van der Waals surface area contributed by atoms with Gasteiger partial charge in [-0.25, -0.2) is 8.78 Å². The molecule has 70 heavy (non-hydrogen) atoms. The van der Waals surface area contributed by atoms with Crippen molar-refractivity contribution in [3.63, 3.8) is 0 Å². The van der Waals surface area contributed by atoms with E-state index >= 15 is 8.78 Å². The van der Waals surface area contributed by atoms with E-state index < -0.39 is 30.8 Å². The maximum atomic E-state index is 15.9. The smallest absolute Gasteiger partial charge is 0 e. The maximum absolute atomic E-state index is 15.9. The summed E-state index contributed by atoms with van der Waals surface area (Å²) in [4.78, 5) is 14.2. The standard InChI is InChI=1S/C37H21F2N2O.C23H25GeN2O.Ir/c38-30-20-26(24-12-5-2-6-13-24)21-31(39)35(30)41-33-17-8-7-16-32(33)40-37(41)29-15-9-14-28-27-19-18-25(22-34(27)42-36(28)29)23-10-3-1-4-11-23;1-14(2)19-12-21(25-13-20(19)24(4,5)6)18-9-7-8-16-17-11-10-15(3)26-23(17)27-22(16)18;/h1-14,16-22H;7-8,10-14H,1-6H3;/q2*-1;/i;14D;. The van der Waals surface area contributed by atoms with Gasteiger partial charge in [0.15, 0.2) is 0 Å². The van der Waals surface area contributed by atoms with E-state index in [0.717, 1.165) is 66.3 Å². The summed E-state index contributed by atoms with van der Waals surface area (Å²) in [6, 6.07) is 55.8. The van der Waals surface area contributed by atoms with Gasteiger partial charge in [-0.1, -0.05) is 95.9 Å². The minimum atomic E-state index is -2.16. The van der Waals surface area contributed by atoms with E-state index in [9.17, 15) is 0 Å². The molecule has 0 N–H and O–H groups in total. The third-order valence-electron chi connectivity index (χ3n) is 12.6. The second kappa shape index (κ2) is 18.7. The second-order valence-electron chi connectivity index (χ2n) is 18.6. The fourth-order valence-electron chi connectivity index (χ4n) is 9.22. The molecular weight excluding hydrogens is 1110 g/mol. The van der Waals surface area contributed by atoms with Crippen LogP contribution in [-0.4, -0.2) is 32.8 Å². The summed E-state index contributed by atoms with van der Waals surface area (Å²) in [5.74, 6) is 5.29. The number of hydrogen-bond donors (Lipinski definition) is 0. The van der Waals surface area contributed by atoms with Crippen LogP contribution in [0.3, 0.4) is 0 Å². The van der Waals surface area contributed by atoms with Crippen LogP contribution < -0.4 is 4.40 Å². The van der Waals surface area contributed by atoms with Crippen molar-refractivity contribution in [2.24, 2.45) is 0 Å². The molecule has 0 aliphatic rings. The molecule has 12 aromatic rings. The van der Waals surface area contributed by atoms with Crippen molar-refractivity contribution >= 4 is 72.7 Å². The molecule has 0 aliphatic carbocycles. The van der Waals surface area contributed by atoms with Gasteiger partial charge in [0.25, 0.3) is 0 Å². The molecule has 5 heterocycles. The fourth-order valence-corrected chi connectivity index (χ4v) is 12.5. The van der Waals surface area contributed by atoms with Gasteiger partial charge < -0.3 is 8.98 Å². The summed E-state index contributed by atoms with van der Waals surface area (Å²) < 4.78 is 56.0. The number of hydrogen-bond acceptors (Lipinski definition) is 5. The Kier molecular flexibility index (Phi) is 12.1. The first-order chi connectivity index (χ1) is 33.7. The van der Waals surface area contributed by atoms with Crippen LogP contribution in [-0.2, 0) is 20.1 Å². The molecule has 0 aliphatic heterocycles. The van der Waals surface area contributed by atoms with Crippen molar-refractivity contribution in [2.45, 2.75) is 43.9 Å². The van der Waals surface area contributed by atoms with Crippen LogP contribution >= 0.6 is 0 Å². The van der Waals surface area contributed by atoms with Crippen molar-refractivity contribution in [1.82, 2.24) is 19.5 Å². The van der Waals surface area contributed by atoms with Gasteiger partial charge in [-0.15, -0.1) is 18.2 Å². The number of halogens is 2. The molecule has 0 saturated carbocycles. The SMILES string of the molecule is Fc1cc(-c2ccccc2)cc(F)c1-n1c(-c2[c-]ccc3c2oc2cc(-c4ccccc4)ccc23)nc2ccccc21.[2H]C(C)(C)c1cc(-c2[c-]ccc3c2oc2nc(C)ccc23)nc[c]1[Ge]([CH3])([CH3])[CH3].[Ir]. The normalized spacial score (nSPS) is 12.1. The van der Waals surface area contributed by atoms with E-state index in [1.165, 1.54) is 21.1 Å². The van der Waals surface area contributed by atoms with E-state index in [4.69, 9.17) is 20.2 Å². The van der Waals surface area contributed by atoms with Gasteiger partial charge in [-0.3, -0.25) is 4.98 Å². The number of aryl methyl sites for hydroxylation is 1. The van der Waals surface area contributed by atoms with Crippen molar-refractivity contribution in [3.05, 3.63) is 199 Å². The molecule has 0 amide bonds. The first-order valence-corrected chi connectivity index (χ1v) is 30.2. The molecule has 5 aromatic heterocycles. The monoisotopic (exact) mass is 1160 g/mol. The predicted octanol–water partition coefficient (Wildman–Crippen LogP) is 15.8. The molecule has 7 aromatic carbocycles. The average molecular weight is 1160 g/mol. The minimum absolute atomic E-state index is 0. The molecule has 0 atom stereocenters. The van der Waals surface area contributed by atoms with Crippen molar-refractivity contribution in [1.29, 1.82) is 0 Å². The third-order valence-corrected chi connectivity index (χ3v) is 16.8. The zero-order valence-corrected chi connectivity index (χ0v) is 43.8. The Hall–Kier alpha value is -7.04. The van der Waals surface area contributed by atoms with E-state index in [0.29, 0.717) is 44.9 Å². The molecule has 0 unspecified atom stereocenters. The number of imidazole rings is 1. The number of rotatable bonds is 7. The van der Waals surface area contributed by atoms with Crippen molar-refractivity contribution in [2.75, 3.05) is 0 Å². The number of fused-ring (bicyclic) bond motifs is 7. The van der Waals surface area contributed by atoms with Crippen LogP contribution in [0.15, 0.2) is 173 Å². The van der Waals surface area contributed by atoms with Crippen molar-refractivity contribution in [3.8, 4) is 50.6 Å². The molecule has 0 fully saturated rings. The van der Waals surface area contributed by atoms with Crippen LogP contribution in [0.2, 0.25) is 17.3 Å². The first-order valence-electron chi connectivity index (χ1n) is 23.4. The molecule has 0 bridgehead atoms. The summed E-state index contributed by atoms with van der Waals surface area (Å²) >= 11 is -2.16. The zero-order chi connectivity index (χ0) is 48.5. The van der Waals surface area contributed by atoms with Gasteiger partial charge in [0.05, 0.1) is 22.4 Å². The molecular formula is C60H46F2GeIrN4O2-2. The number of pyridine rings is 2. The average Bonchev–Trinajstić information content (AvgIpc) is 4.05. The molecule has 0 spiro atoms. The van der Waals surface area contributed by atoms with E-state index in [1.54, 1.807) is 12.1 Å². The second-order valence-corrected chi connectivity index (χ2v) is 29.1. The van der Waals surface area contributed by atoms with Crippen LogP contribution in [0.25, 0.3) is 106 Å². The third kappa shape index (κ3) is 8.46. The quantitative estimate of drug-likeness (QED) is 0.117. The van der Waals surface area contributed by atoms with Crippen LogP contribution in [0.1, 0.15) is 32.4 Å². The zero-order valence-electron chi connectivity index (χ0n) is 40.3. The summed E-state index contributed by atoms with van der Waals surface area (Å²) in [7, 11) is 0. The summed E-state index contributed by atoms with van der Waals surface area (Å²) in [6.07, 6.45) is 1.98. The predicted molar refractivity (Wildman–Crippen MR) is 279 cm³/mol. The molecule has 10 heteroatoms. The molecule has 347 valence electrons. The Balaban J connectivity index is 0.000000175. The largest absolute Gasteiger partial charge is 0 e. The Morgan fingerprint density at radius 2 is 1.24 bits per heavy atom. The Bertz CT molecular complexity index is 3950.